The fraction of sp³-hybridized carbons (Fsp3) is 0.500. The molecule has 0 saturated carbocycles. The zero-order valence-corrected chi connectivity index (χ0v) is 15.2. The number of hydrogen-bond acceptors (Lipinski definition) is 6. The number of anilines is 1. The number of rotatable bonds is 4. The van der Waals surface area contributed by atoms with Gasteiger partial charge in [-0.05, 0) is 25.3 Å². The van der Waals surface area contributed by atoms with Crippen LogP contribution < -0.4 is 10.2 Å². The highest BCUT2D eigenvalue weighted by Gasteiger charge is 2.30. The molecular formula is C18H22N6O3. The molecule has 1 aromatic carbocycles. The van der Waals surface area contributed by atoms with Gasteiger partial charge in [0.2, 0.25) is 0 Å². The number of carbonyl (C=O) groups is 1. The molecule has 2 aliphatic heterocycles. The molecule has 1 atom stereocenters. The number of nitro groups is 1. The molecule has 1 N–H and O–H groups in total. The van der Waals surface area contributed by atoms with Crippen molar-refractivity contribution in [3.63, 3.8) is 0 Å². The summed E-state index contributed by atoms with van der Waals surface area (Å²) < 4.78 is 2.23. The van der Waals surface area contributed by atoms with Crippen LogP contribution in [0.25, 0.3) is 0 Å². The van der Waals surface area contributed by atoms with Gasteiger partial charge in [-0.25, -0.2) is 0 Å². The number of hydrogen-bond donors (Lipinski definition) is 1. The normalized spacial score (nSPS) is 19.0. The van der Waals surface area contributed by atoms with E-state index in [2.05, 4.69) is 25.0 Å². The molecule has 3 heterocycles. The highest BCUT2D eigenvalue weighted by Crippen LogP contribution is 2.33. The topological polar surface area (TPSA) is 106 Å². The number of benzene rings is 1. The lowest BCUT2D eigenvalue weighted by Crippen LogP contribution is -2.37. The van der Waals surface area contributed by atoms with Gasteiger partial charge in [-0.15, -0.1) is 10.2 Å². The number of aryl methyl sites for hydroxylation is 1. The Labute approximate surface area is 156 Å². The van der Waals surface area contributed by atoms with Crippen LogP contribution in [0.4, 0.5) is 11.4 Å². The third kappa shape index (κ3) is 3.13. The molecular weight excluding hydrogens is 348 g/mol. The number of piperidine rings is 1. The molecule has 1 aromatic heterocycles. The molecule has 2 aromatic rings. The fourth-order valence-electron chi connectivity index (χ4n) is 4.11. The van der Waals surface area contributed by atoms with Gasteiger partial charge >= 0.3 is 0 Å². The Morgan fingerprint density at radius 2 is 2.15 bits per heavy atom. The molecule has 0 aliphatic carbocycles. The molecule has 1 fully saturated rings. The number of fused-ring (bicyclic) bond motifs is 1. The zero-order chi connectivity index (χ0) is 19.0. The third-order valence-electron chi connectivity index (χ3n) is 5.43. The van der Waals surface area contributed by atoms with Gasteiger partial charge in [0.15, 0.2) is 0 Å². The summed E-state index contributed by atoms with van der Waals surface area (Å²) in [6.45, 7) is 2.49. The first-order valence-corrected chi connectivity index (χ1v) is 9.26. The molecule has 0 spiro atoms. The van der Waals surface area contributed by atoms with Crippen molar-refractivity contribution in [3.05, 3.63) is 45.5 Å². The smallest absolute Gasteiger partial charge is 0.270 e. The van der Waals surface area contributed by atoms with Crippen molar-refractivity contribution in [2.75, 3.05) is 25.0 Å². The summed E-state index contributed by atoms with van der Waals surface area (Å²) in [5, 5.41) is 22.4. The molecule has 27 heavy (non-hydrogen) atoms. The summed E-state index contributed by atoms with van der Waals surface area (Å²) in [6.07, 6.45) is 4.08. The van der Waals surface area contributed by atoms with Gasteiger partial charge in [-0.1, -0.05) is 0 Å². The predicted octanol–water partition coefficient (Wildman–Crippen LogP) is 1.88. The summed E-state index contributed by atoms with van der Waals surface area (Å²) >= 11 is 0. The highest BCUT2D eigenvalue weighted by molar-refractivity contribution is 6.00. The monoisotopic (exact) mass is 370 g/mol. The van der Waals surface area contributed by atoms with E-state index in [-0.39, 0.29) is 17.5 Å². The Bertz CT molecular complexity index is 893. The SMILES string of the molecule is CNC(=O)c1cc([N+](=O)[O-])ccc1N1CCCC(c2nnc3n2CCC3)C1. The maximum Gasteiger partial charge on any atom is 0.270 e. The molecule has 4 rings (SSSR count). The van der Waals surface area contributed by atoms with Crippen LogP contribution in [0.15, 0.2) is 18.2 Å². The van der Waals surface area contributed by atoms with Gasteiger partial charge in [0.1, 0.15) is 11.6 Å². The van der Waals surface area contributed by atoms with Gasteiger partial charge in [-0.2, -0.15) is 0 Å². The van der Waals surface area contributed by atoms with E-state index in [1.807, 2.05) is 0 Å². The molecule has 1 amide bonds. The Hall–Kier alpha value is -2.97. The minimum atomic E-state index is -0.477. The van der Waals surface area contributed by atoms with E-state index in [0.29, 0.717) is 5.56 Å². The minimum Gasteiger partial charge on any atom is -0.370 e. The number of aromatic nitrogens is 3. The number of nitro benzene ring substituents is 1. The number of carbonyl (C=O) groups excluding carboxylic acids is 1. The van der Waals surface area contributed by atoms with Crippen LogP contribution in [0.3, 0.4) is 0 Å². The Morgan fingerprint density at radius 1 is 1.30 bits per heavy atom. The van der Waals surface area contributed by atoms with E-state index in [1.165, 1.54) is 19.2 Å². The number of amides is 1. The highest BCUT2D eigenvalue weighted by atomic mass is 16.6. The van der Waals surface area contributed by atoms with Crippen LogP contribution in [0.2, 0.25) is 0 Å². The maximum absolute atomic E-state index is 12.3. The standard InChI is InChI=1S/C18H22N6O3/c1-19-18(25)14-10-13(24(26)27)6-7-15(14)22-8-2-4-12(11-22)17-21-20-16-5-3-9-23(16)17/h6-7,10,12H,2-5,8-9,11H2,1H3,(H,19,25). The van der Waals surface area contributed by atoms with Crippen molar-refractivity contribution in [1.29, 1.82) is 0 Å². The number of nitrogens with zero attached hydrogens (tertiary/aromatic N) is 5. The van der Waals surface area contributed by atoms with Crippen LogP contribution in [-0.4, -0.2) is 45.7 Å². The van der Waals surface area contributed by atoms with Crippen LogP contribution in [0, 0.1) is 10.1 Å². The van der Waals surface area contributed by atoms with E-state index >= 15 is 0 Å². The van der Waals surface area contributed by atoms with Crippen molar-refractivity contribution < 1.29 is 9.72 Å². The van der Waals surface area contributed by atoms with Crippen LogP contribution in [0.5, 0.6) is 0 Å². The molecule has 0 bridgehead atoms. The van der Waals surface area contributed by atoms with Crippen LogP contribution in [0.1, 0.15) is 47.2 Å². The minimum absolute atomic E-state index is 0.0822. The van der Waals surface area contributed by atoms with Crippen molar-refractivity contribution in [2.45, 2.75) is 38.1 Å². The van der Waals surface area contributed by atoms with E-state index in [9.17, 15) is 14.9 Å². The van der Waals surface area contributed by atoms with Gasteiger partial charge in [0.05, 0.1) is 16.2 Å². The quantitative estimate of drug-likeness (QED) is 0.650. The summed E-state index contributed by atoms with van der Waals surface area (Å²) in [4.78, 5) is 25.1. The molecule has 1 saturated heterocycles. The first-order chi connectivity index (χ1) is 13.1. The Kier molecular flexibility index (Phi) is 4.51. The van der Waals surface area contributed by atoms with E-state index in [0.717, 1.165) is 62.7 Å². The second-order valence-corrected chi connectivity index (χ2v) is 7.05. The summed E-state index contributed by atoms with van der Waals surface area (Å²) in [6, 6.07) is 4.49. The average molecular weight is 370 g/mol. The molecule has 9 nitrogen and oxygen atoms in total. The molecule has 9 heteroatoms. The molecule has 2 aliphatic rings. The summed E-state index contributed by atoms with van der Waals surface area (Å²) in [7, 11) is 1.53. The Morgan fingerprint density at radius 3 is 2.93 bits per heavy atom. The Balaban J connectivity index is 1.64. The van der Waals surface area contributed by atoms with Crippen molar-refractivity contribution >= 4 is 17.3 Å². The lowest BCUT2D eigenvalue weighted by molar-refractivity contribution is -0.384. The van der Waals surface area contributed by atoms with Gasteiger partial charge < -0.3 is 14.8 Å². The van der Waals surface area contributed by atoms with Crippen LogP contribution >= 0.6 is 0 Å². The third-order valence-corrected chi connectivity index (χ3v) is 5.43. The molecule has 0 radical (unpaired) electrons. The van der Waals surface area contributed by atoms with E-state index in [1.54, 1.807) is 6.07 Å². The van der Waals surface area contributed by atoms with Crippen molar-refractivity contribution in [1.82, 2.24) is 20.1 Å². The maximum atomic E-state index is 12.3. The van der Waals surface area contributed by atoms with Gasteiger partial charge in [0, 0.05) is 51.2 Å². The van der Waals surface area contributed by atoms with Crippen molar-refractivity contribution in [3.8, 4) is 0 Å². The van der Waals surface area contributed by atoms with Crippen molar-refractivity contribution in [2.24, 2.45) is 0 Å². The van der Waals surface area contributed by atoms with Gasteiger partial charge in [-0.3, -0.25) is 14.9 Å². The summed E-state index contributed by atoms with van der Waals surface area (Å²) in [5.74, 6) is 2.00. The average Bonchev–Trinajstić information content (AvgIpc) is 3.30. The molecule has 142 valence electrons. The lowest BCUT2D eigenvalue weighted by atomic mass is 9.95. The molecule has 1 unspecified atom stereocenters. The van der Waals surface area contributed by atoms with E-state index in [4.69, 9.17) is 0 Å². The second-order valence-electron chi connectivity index (χ2n) is 7.05. The fourth-order valence-corrected chi connectivity index (χ4v) is 4.11. The lowest BCUT2D eigenvalue weighted by Gasteiger charge is -2.34. The number of nitrogens with one attached hydrogen (secondary N) is 1. The zero-order valence-electron chi connectivity index (χ0n) is 15.2. The predicted molar refractivity (Wildman–Crippen MR) is 99.0 cm³/mol. The van der Waals surface area contributed by atoms with Gasteiger partial charge in [0.25, 0.3) is 11.6 Å². The first-order valence-electron chi connectivity index (χ1n) is 9.26. The number of non-ortho nitro benzene ring substituents is 1. The first kappa shape index (κ1) is 17.4. The van der Waals surface area contributed by atoms with Crippen LogP contribution in [-0.2, 0) is 13.0 Å². The largest absolute Gasteiger partial charge is 0.370 e. The second kappa shape index (κ2) is 6.98. The summed E-state index contributed by atoms with van der Waals surface area (Å²) in [5.41, 5.74) is 0.978. The van der Waals surface area contributed by atoms with E-state index < -0.39 is 4.92 Å².